The molecule has 0 aliphatic carbocycles. The van der Waals surface area contributed by atoms with Crippen LogP contribution in [0.25, 0.3) is 22.4 Å². The lowest BCUT2D eigenvalue weighted by atomic mass is 9.95. The van der Waals surface area contributed by atoms with Crippen molar-refractivity contribution in [3.8, 4) is 34.2 Å². The predicted octanol–water partition coefficient (Wildman–Crippen LogP) is 6.34. The third-order valence-electron chi connectivity index (χ3n) is 5.82. The molecule has 0 fully saturated rings. The molecule has 0 radical (unpaired) electrons. The Bertz CT molecular complexity index is 1300. The van der Waals surface area contributed by atoms with Crippen LogP contribution < -0.4 is 0 Å². The summed E-state index contributed by atoms with van der Waals surface area (Å²) in [6.45, 7) is 8.29. The van der Waals surface area contributed by atoms with E-state index in [1.807, 2.05) is 30.3 Å². The van der Waals surface area contributed by atoms with Crippen LogP contribution in [0.15, 0.2) is 54.6 Å². The van der Waals surface area contributed by atoms with Gasteiger partial charge in [-0.1, -0.05) is 68.2 Å². The average Bonchev–Trinajstić information content (AvgIpc) is 3.18. The van der Waals surface area contributed by atoms with Gasteiger partial charge in [0, 0.05) is 23.5 Å². The summed E-state index contributed by atoms with van der Waals surface area (Å²) in [5.74, 6) is 4.82. The molecule has 196 valence electrons. The maximum absolute atomic E-state index is 13.8. The van der Waals surface area contributed by atoms with Crippen molar-refractivity contribution in [2.24, 2.45) is 0 Å². The Morgan fingerprint density at radius 3 is 2.27 bits per heavy atom. The van der Waals surface area contributed by atoms with Gasteiger partial charge >= 0.3 is 5.97 Å². The Hall–Kier alpha value is -3.17. The third kappa shape index (κ3) is 7.20. The number of rotatable bonds is 10. The second-order valence-corrected chi connectivity index (χ2v) is 10.8. The van der Waals surface area contributed by atoms with Crippen molar-refractivity contribution < 1.29 is 28.5 Å². The molecular weight excluding hydrogens is 492 g/mol. The van der Waals surface area contributed by atoms with Crippen molar-refractivity contribution in [3.63, 3.8) is 0 Å². The first-order chi connectivity index (χ1) is 17.6. The van der Waals surface area contributed by atoms with Gasteiger partial charge in [-0.25, -0.2) is 4.39 Å². The van der Waals surface area contributed by atoms with E-state index >= 15 is 0 Å². The molecule has 1 unspecified atom stereocenters. The zero-order chi connectivity index (χ0) is 27.1. The number of aromatic nitrogens is 1. The van der Waals surface area contributed by atoms with Crippen LogP contribution in [-0.2, 0) is 13.9 Å². The van der Waals surface area contributed by atoms with Crippen LogP contribution in [0.3, 0.4) is 0 Å². The summed E-state index contributed by atoms with van der Waals surface area (Å²) in [7, 11) is -2.65. The molecule has 2 N–H and O–H groups in total. The average molecular weight is 526 g/mol. The lowest BCUT2D eigenvalue weighted by Crippen LogP contribution is -2.15. The van der Waals surface area contributed by atoms with Gasteiger partial charge in [-0.2, -0.15) is 0 Å². The van der Waals surface area contributed by atoms with Gasteiger partial charge in [0.05, 0.1) is 23.8 Å². The Morgan fingerprint density at radius 1 is 1.05 bits per heavy atom. The number of nitrogens with zero attached hydrogens (tertiary/aromatic N) is 1. The molecule has 0 saturated heterocycles. The number of carboxylic acid groups (broad SMARTS) is 1. The molecule has 2 aromatic carbocycles. The van der Waals surface area contributed by atoms with Gasteiger partial charge in [0.2, 0.25) is 0 Å². The van der Waals surface area contributed by atoms with Crippen LogP contribution in [0.5, 0.6) is 0 Å². The quantitative estimate of drug-likeness (QED) is 0.238. The third-order valence-corrected chi connectivity index (χ3v) is 7.09. The number of hydrogen-bond acceptors (Lipinski definition) is 4. The second-order valence-electron chi connectivity index (χ2n) is 9.39. The van der Waals surface area contributed by atoms with Crippen LogP contribution >= 0.6 is 8.03 Å². The summed E-state index contributed by atoms with van der Waals surface area (Å²) in [5.41, 5.74) is 5.55. The van der Waals surface area contributed by atoms with Crippen LogP contribution in [0.4, 0.5) is 4.39 Å². The van der Waals surface area contributed by atoms with Gasteiger partial charge < -0.3 is 19.3 Å². The highest BCUT2D eigenvalue weighted by Crippen LogP contribution is 2.43. The highest BCUT2D eigenvalue weighted by atomic mass is 31.1. The van der Waals surface area contributed by atoms with Gasteiger partial charge in [0.1, 0.15) is 12.4 Å². The fraction of sp³-hybridized carbons (Fsp3) is 0.345. The Labute approximate surface area is 218 Å². The first kappa shape index (κ1) is 28.4. The largest absolute Gasteiger partial charge is 0.481 e. The standard InChI is InChI=1S/C29H33FNO5P/c1-19(2)28-25(11-8-16-36-37(35)18-24(32)17-26(33)34)27(21-12-14-23(30)15-13-21)29(31(28)20(3)4)22-9-6-5-7-10-22/h5-7,9-10,12-15,19-20,24,32,37H,16-18H2,1-4H3,(H,33,34)/t24-/m0/s1. The highest BCUT2D eigenvalue weighted by molar-refractivity contribution is 7.39. The molecule has 1 heterocycles. The van der Waals surface area contributed by atoms with Crippen LogP contribution in [-0.4, -0.2) is 39.6 Å². The molecule has 0 saturated carbocycles. The number of carboxylic acids is 1. The van der Waals surface area contributed by atoms with Gasteiger partial charge in [-0.3, -0.25) is 9.36 Å². The minimum absolute atomic E-state index is 0.116. The van der Waals surface area contributed by atoms with E-state index < -0.39 is 26.5 Å². The predicted molar refractivity (Wildman–Crippen MR) is 145 cm³/mol. The summed E-state index contributed by atoms with van der Waals surface area (Å²) in [5, 5.41) is 18.4. The first-order valence-electron chi connectivity index (χ1n) is 12.2. The van der Waals surface area contributed by atoms with E-state index in [0.29, 0.717) is 0 Å². The Balaban J connectivity index is 2.10. The van der Waals surface area contributed by atoms with Crippen LogP contribution in [0, 0.1) is 17.7 Å². The SMILES string of the molecule is CC(C)c1c(C#CCO[PH](=O)C[C@@H](O)CC(=O)O)c(-c2ccc(F)cc2)c(-c2ccccc2)n1C(C)C. The van der Waals surface area contributed by atoms with Crippen molar-refractivity contribution in [2.75, 3.05) is 12.8 Å². The molecule has 0 amide bonds. The van der Waals surface area contributed by atoms with Gasteiger partial charge in [-0.05, 0) is 43.0 Å². The van der Waals surface area contributed by atoms with E-state index in [4.69, 9.17) is 9.63 Å². The van der Waals surface area contributed by atoms with Crippen molar-refractivity contribution in [1.29, 1.82) is 0 Å². The van der Waals surface area contributed by atoms with Crippen LogP contribution in [0.1, 0.15) is 57.3 Å². The molecule has 3 rings (SSSR count). The Morgan fingerprint density at radius 2 is 1.70 bits per heavy atom. The molecule has 2 atom stereocenters. The van der Waals surface area contributed by atoms with Crippen molar-refractivity contribution in [1.82, 2.24) is 4.57 Å². The van der Waals surface area contributed by atoms with E-state index in [-0.39, 0.29) is 30.5 Å². The number of aliphatic hydroxyl groups excluding tert-OH is 1. The summed E-state index contributed by atoms with van der Waals surface area (Å²) < 4.78 is 33.6. The van der Waals surface area contributed by atoms with Crippen LogP contribution in [0.2, 0.25) is 0 Å². The second kappa shape index (κ2) is 12.9. The first-order valence-corrected chi connectivity index (χ1v) is 13.8. The summed E-state index contributed by atoms with van der Waals surface area (Å²) in [6, 6.07) is 16.5. The molecule has 3 aromatic rings. The van der Waals surface area contributed by atoms with Gasteiger partial charge in [0.25, 0.3) is 0 Å². The maximum Gasteiger partial charge on any atom is 0.305 e. The highest BCUT2D eigenvalue weighted by Gasteiger charge is 2.27. The lowest BCUT2D eigenvalue weighted by molar-refractivity contribution is -0.138. The van der Waals surface area contributed by atoms with E-state index in [1.54, 1.807) is 12.1 Å². The zero-order valence-electron chi connectivity index (χ0n) is 21.5. The number of aliphatic hydroxyl groups is 1. The monoisotopic (exact) mass is 525 g/mol. The molecule has 0 aliphatic rings. The number of hydrogen-bond donors (Lipinski definition) is 2. The molecule has 6 nitrogen and oxygen atoms in total. The molecule has 37 heavy (non-hydrogen) atoms. The van der Waals surface area contributed by atoms with Gasteiger partial charge in [-0.15, -0.1) is 0 Å². The Kier molecular flexibility index (Phi) is 9.88. The molecular formula is C29H33FNO5P. The van der Waals surface area contributed by atoms with Crippen molar-refractivity contribution >= 4 is 14.0 Å². The molecule has 8 heteroatoms. The fourth-order valence-corrected chi connectivity index (χ4v) is 5.26. The zero-order valence-corrected chi connectivity index (χ0v) is 22.5. The van der Waals surface area contributed by atoms with E-state index in [2.05, 4.69) is 44.1 Å². The number of halogens is 1. The lowest BCUT2D eigenvalue weighted by Gasteiger charge is -2.20. The smallest absolute Gasteiger partial charge is 0.305 e. The summed E-state index contributed by atoms with van der Waals surface area (Å²) in [6.07, 6.45) is -1.96. The van der Waals surface area contributed by atoms with Gasteiger partial charge in [0.15, 0.2) is 8.03 Å². The number of aliphatic carboxylic acids is 1. The molecule has 0 spiro atoms. The minimum Gasteiger partial charge on any atom is -0.481 e. The molecule has 0 aliphatic heterocycles. The van der Waals surface area contributed by atoms with E-state index in [0.717, 1.165) is 33.6 Å². The minimum atomic E-state index is -2.65. The van der Waals surface area contributed by atoms with E-state index in [9.17, 15) is 18.9 Å². The number of benzene rings is 2. The van der Waals surface area contributed by atoms with Crippen molar-refractivity contribution in [2.45, 2.75) is 52.2 Å². The molecule has 1 aromatic heterocycles. The number of carbonyl (C=O) groups is 1. The fourth-order valence-electron chi connectivity index (χ4n) is 4.38. The summed E-state index contributed by atoms with van der Waals surface area (Å²) >= 11 is 0. The van der Waals surface area contributed by atoms with Crippen molar-refractivity contribution in [3.05, 3.63) is 71.7 Å². The maximum atomic E-state index is 13.8. The normalized spacial score (nSPS) is 12.9. The summed E-state index contributed by atoms with van der Waals surface area (Å²) in [4.78, 5) is 10.7. The van der Waals surface area contributed by atoms with E-state index in [1.165, 1.54) is 12.1 Å². The topological polar surface area (TPSA) is 88.8 Å². The molecule has 0 bridgehead atoms.